The summed E-state index contributed by atoms with van der Waals surface area (Å²) in [6.07, 6.45) is 1.61. The van der Waals surface area contributed by atoms with Gasteiger partial charge in [0.2, 0.25) is 0 Å². The van der Waals surface area contributed by atoms with Crippen LogP contribution in [-0.2, 0) is 13.5 Å². The maximum Gasteiger partial charge on any atom is 0.355 e. The number of carbonyl (C=O) groups is 2. The van der Waals surface area contributed by atoms with Crippen LogP contribution in [0.1, 0.15) is 26.7 Å². The minimum absolute atomic E-state index is 0.301. The van der Waals surface area contributed by atoms with Crippen LogP contribution >= 0.6 is 0 Å². The molecule has 0 atom stereocenters. The predicted molar refractivity (Wildman–Crippen MR) is 117 cm³/mol. The number of nitrogens with two attached hydrogens (primary N) is 1. The molecule has 0 unspecified atom stereocenters. The number of hydrogen-bond acceptors (Lipinski definition) is 6. The van der Waals surface area contributed by atoms with Crippen molar-refractivity contribution in [2.75, 3.05) is 6.54 Å². The summed E-state index contributed by atoms with van der Waals surface area (Å²) >= 11 is 0. The maximum atomic E-state index is 13.3. The van der Waals surface area contributed by atoms with Gasteiger partial charge in [0.15, 0.2) is 11.5 Å². The van der Waals surface area contributed by atoms with E-state index in [2.05, 4.69) is 15.2 Å². The molecule has 0 saturated heterocycles. The van der Waals surface area contributed by atoms with Crippen molar-refractivity contribution < 1.29 is 24.2 Å². The number of carboxylic acids is 2. The van der Waals surface area contributed by atoms with E-state index in [1.54, 1.807) is 16.8 Å². The smallest absolute Gasteiger partial charge is 0.355 e. The second-order valence-corrected chi connectivity index (χ2v) is 6.79. The topological polar surface area (TPSA) is 149 Å². The fourth-order valence-corrected chi connectivity index (χ4v) is 3.01. The van der Waals surface area contributed by atoms with Crippen LogP contribution < -0.4 is 5.73 Å². The van der Waals surface area contributed by atoms with Crippen molar-refractivity contribution in [2.24, 2.45) is 12.8 Å². The van der Waals surface area contributed by atoms with Gasteiger partial charge in [-0.15, -0.1) is 5.10 Å². The Morgan fingerprint density at radius 1 is 1.06 bits per heavy atom. The first-order chi connectivity index (χ1) is 15.8. The molecule has 10 nitrogen and oxygen atoms in total. The second-order valence-electron chi connectivity index (χ2n) is 6.79. The molecule has 2 heterocycles. The summed E-state index contributed by atoms with van der Waals surface area (Å²) in [5.41, 5.74) is 6.59. The highest BCUT2D eigenvalue weighted by Crippen LogP contribution is 2.19. The van der Waals surface area contributed by atoms with Crippen LogP contribution in [0.4, 0.5) is 4.39 Å². The van der Waals surface area contributed by atoms with Gasteiger partial charge in [0.1, 0.15) is 17.2 Å². The number of halogens is 1. The lowest BCUT2D eigenvalue weighted by molar-refractivity contribution is 0.0644. The first kappa shape index (κ1) is 23.3. The third kappa shape index (κ3) is 5.46. The van der Waals surface area contributed by atoms with Crippen molar-refractivity contribution in [1.82, 2.24) is 24.5 Å². The van der Waals surface area contributed by atoms with Gasteiger partial charge in [-0.3, -0.25) is 4.68 Å². The summed E-state index contributed by atoms with van der Waals surface area (Å²) in [4.78, 5) is 25.4. The number of benzene rings is 2. The third-order valence-electron chi connectivity index (χ3n) is 4.50. The summed E-state index contributed by atoms with van der Waals surface area (Å²) < 4.78 is 16.1. The Bertz CT molecular complexity index is 1270. The fraction of sp³-hybridized carbons (Fsp3) is 0.136. The standard InChI is InChI=1S/C16H15FN4.C6H6N2O4/c17-13-6-4-5-12(11-13)16-19-15(9-10-18)21(20-16)14-7-2-1-3-8-14;1-8-4(6(11)12)3(2-7-8)5(9)10/h1-8,11H,9-10,18H2;2H,1H3,(H,9,10)(H,11,12). The summed E-state index contributed by atoms with van der Waals surface area (Å²) in [6, 6.07) is 16.0. The number of carboxylic acid groups (broad SMARTS) is 2. The molecule has 2 aromatic heterocycles. The van der Waals surface area contributed by atoms with Crippen molar-refractivity contribution in [3.05, 3.63) is 83.7 Å². The van der Waals surface area contributed by atoms with Gasteiger partial charge >= 0.3 is 11.9 Å². The predicted octanol–water partition coefficient (Wildman–Crippen LogP) is 2.39. The first-order valence-corrected chi connectivity index (χ1v) is 9.77. The lowest BCUT2D eigenvalue weighted by Crippen LogP contribution is -2.10. The molecule has 0 spiro atoms. The third-order valence-corrected chi connectivity index (χ3v) is 4.50. The first-order valence-electron chi connectivity index (χ1n) is 9.77. The van der Waals surface area contributed by atoms with Crippen LogP contribution in [0.2, 0.25) is 0 Å². The van der Waals surface area contributed by atoms with Crippen molar-refractivity contribution >= 4 is 11.9 Å². The van der Waals surface area contributed by atoms with Gasteiger partial charge in [-0.25, -0.2) is 23.6 Å². The van der Waals surface area contributed by atoms with E-state index in [4.69, 9.17) is 15.9 Å². The monoisotopic (exact) mass is 452 g/mol. The molecule has 170 valence electrons. The minimum Gasteiger partial charge on any atom is -0.478 e. The normalized spacial score (nSPS) is 10.4. The average molecular weight is 452 g/mol. The number of aryl methyl sites for hydroxylation is 1. The van der Waals surface area contributed by atoms with E-state index in [1.165, 1.54) is 19.2 Å². The SMILES string of the molecule is Cn1ncc(C(=O)O)c1C(=O)O.NCCc1nc(-c2cccc(F)c2)nn1-c1ccccc1. The van der Waals surface area contributed by atoms with E-state index in [0.717, 1.165) is 22.4 Å². The van der Waals surface area contributed by atoms with E-state index in [-0.39, 0.29) is 17.1 Å². The molecule has 0 bridgehead atoms. The highest BCUT2D eigenvalue weighted by atomic mass is 19.1. The number of nitrogens with zero attached hydrogens (tertiary/aromatic N) is 5. The molecule has 0 saturated carbocycles. The van der Waals surface area contributed by atoms with Gasteiger partial charge in [0.05, 0.1) is 11.9 Å². The highest BCUT2D eigenvalue weighted by Gasteiger charge is 2.20. The van der Waals surface area contributed by atoms with Gasteiger partial charge in [-0.05, 0) is 30.8 Å². The number of aromatic nitrogens is 5. The summed E-state index contributed by atoms with van der Waals surface area (Å²) in [7, 11) is 1.37. The van der Waals surface area contributed by atoms with Gasteiger partial charge < -0.3 is 15.9 Å². The molecular weight excluding hydrogens is 431 g/mol. The molecule has 11 heteroatoms. The molecule has 33 heavy (non-hydrogen) atoms. The Kier molecular flexibility index (Phi) is 7.26. The zero-order valence-corrected chi connectivity index (χ0v) is 17.6. The maximum absolute atomic E-state index is 13.3. The molecule has 0 aliphatic carbocycles. The summed E-state index contributed by atoms with van der Waals surface area (Å²) in [6.45, 7) is 0.480. The zero-order valence-electron chi connectivity index (χ0n) is 17.6. The Morgan fingerprint density at radius 2 is 1.79 bits per heavy atom. The number of aromatic carboxylic acids is 2. The molecule has 0 aliphatic heterocycles. The van der Waals surface area contributed by atoms with Gasteiger partial charge in [0, 0.05) is 19.0 Å². The molecule has 0 aliphatic rings. The molecule has 2 aromatic carbocycles. The highest BCUT2D eigenvalue weighted by molar-refractivity contribution is 6.00. The minimum atomic E-state index is -1.30. The molecule has 4 rings (SSSR count). The van der Waals surface area contributed by atoms with Crippen LogP contribution in [0.5, 0.6) is 0 Å². The lowest BCUT2D eigenvalue weighted by Gasteiger charge is -2.03. The van der Waals surface area contributed by atoms with Crippen LogP contribution in [0.25, 0.3) is 17.1 Å². The van der Waals surface area contributed by atoms with E-state index >= 15 is 0 Å². The van der Waals surface area contributed by atoms with Gasteiger partial charge in [0.25, 0.3) is 0 Å². The van der Waals surface area contributed by atoms with Crippen molar-refractivity contribution in [3.8, 4) is 17.1 Å². The van der Waals surface area contributed by atoms with E-state index in [0.29, 0.717) is 24.4 Å². The van der Waals surface area contributed by atoms with Crippen molar-refractivity contribution in [2.45, 2.75) is 6.42 Å². The molecular formula is C22H21FN6O4. The largest absolute Gasteiger partial charge is 0.478 e. The molecule has 4 aromatic rings. The fourth-order valence-electron chi connectivity index (χ4n) is 3.01. The Labute approximate surface area is 187 Å². The number of hydrogen-bond donors (Lipinski definition) is 3. The van der Waals surface area contributed by atoms with Crippen molar-refractivity contribution in [3.63, 3.8) is 0 Å². The van der Waals surface area contributed by atoms with Crippen LogP contribution in [-0.4, -0.2) is 53.2 Å². The van der Waals surface area contributed by atoms with Crippen LogP contribution in [0.15, 0.2) is 60.8 Å². The Balaban J connectivity index is 0.000000218. The molecule has 0 amide bonds. The van der Waals surface area contributed by atoms with Crippen LogP contribution in [0, 0.1) is 5.82 Å². The molecule has 4 N–H and O–H groups in total. The average Bonchev–Trinajstić information content (AvgIpc) is 3.39. The van der Waals surface area contributed by atoms with Crippen molar-refractivity contribution in [1.29, 1.82) is 0 Å². The van der Waals surface area contributed by atoms with Gasteiger partial charge in [-0.1, -0.05) is 30.3 Å². The number of para-hydroxylation sites is 1. The summed E-state index contributed by atoms with van der Waals surface area (Å²) in [5.74, 6) is -1.62. The quantitative estimate of drug-likeness (QED) is 0.404. The van der Waals surface area contributed by atoms with Crippen LogP contribution in [0.3, 0.4) is 0 Å². The molecule has 0 radical (unpaired) electrons. The molecule has 0 fully saturated rings. The van der Waals surface area contributed by atoms with E-state index in [9.17, 15) is 14.0 Å². The second kappa shape index (κ2) is 10.3. The number of rotatable bonds is 6. The van der Waals surface area contributed by atoms with E-state index in [1.807, 2.05) is 30.3 Å². The zero-order chi connectivity index (χ0) is 24.0. The van der Waals surface area contributed by atoms with E-state index < -0.39 is 11.9 Å². The summed E-state index contributed by atoms with van der Waals surface area (Å²) in [5, 5.41) is 25.1. The van der Waals surface area contributed by atoms with Gasteiger partial charge in [-0.2, -0.15) is 5.10 Å². The lowest BCUT2D eigenvalue weighted by atomic mass is 10.2. The Morgan fingerprint density at radius 3 is 2.36 bits per heavy atom. The Hall–Kier alpha value is -4.38.